The van der Waals surface area contributed by atoms with Crippen LogP contribution in [0.3, 0.4) is 0 Å². The zero-order valence-electron chi connectivity index (χ0n) is 13.9. The minimum absolute atomic E-state index is 0.131. The van der Waals surface area contributed by atoms with Crippen LogP contribution in [-0.2, 0) is 17.6 Å². The van der Waals surface area contributed by atoms with Crippen LogP contribution in [0.4, 0.5) is 0 Å². The highest BCUT2D eigenvalue weighted by Crippen LogP contribution is 2.48. The molecule has 1 aromatic rings. The minimum atomic E-state index is -0.576. The number of hydrogen-bond acceptors (Lipinski definition) is 2. The van der Waals surface area contributed by atoms with Gasteiger partial charge in [0.15, 0.2) is 0 Å². The van der Waals surface area contributed by atoms with Crippen LogP contribution < -0.4 is 5.32 Å². The summed E-state index contributed by atoms with van der Waals surface area (Å²) in [7, 11) is 0. The number of amides is 1. The van der Waals surface area contributed by atoms with Gasteiger partial charge in [0.2, 0.25) is 0 Å². The molecule has 3 nitrogen and oxygen atoms in total. The van der Waals surface area contributed by atoms with Crippen LogP contribution in [0.25, 0.3) is 5.57 Å². The highest BCUT2D eigenvalue weighted by Gasteiger charge is 2.52. The third-order valence-electron chi connectivity index (χ3n) is 5.24. The van der Waals surface area contributed by atoms with Gasteiger partial charge in [0, 0.05) is 0 Å². The maximum Gasteiger partial charge on any atom is 0.256 e. The first-order valence-electron chi connectivity index (χ1n) is 8.31. The molecule has 0 radical (unpaired) electrons. The molecule has 2 N–H and O–H groups in total. The third-order valence-corrected chi connectivity index (χ3v) is 5.24. The summed E-state index contributed by atoms with van der Waals surface area (Å²) in [6.07, 6.45) is 3.98. The molecule has 1 amide bonds. The van der Waals surface area contributed by atoms with Gasteiger partial charge in [-0.05, 0) is 67.7 Å². The third kappa shape index (κ3) is 2.15. The zero-order chi connectivity index (χ0) is 16.1. The van der Waals surface area contributed by atoms with Crippen molar-refractivity contribution < 1.29 is 9.90 Å². The summed E-state index contributed by atoms with van der Waals surface area (Å²) in [5.41, 5.74) is 4.35. The van der Waals surface area contributed by atoms with Gasteiger partial charge >= 0.3 is 0 Å². The van der Waals surface area contributed by atoms with E-state index < -0.39 is 5.54 Å². The first-order chi connectivity index (χ1) is 10.4. The van der Waals surface area contributed by atoms with Gasteiger partial charge < -0.3 is 10.4 Å². The van der Waals surface area contributed by atoms with Crippen LogP contribution in [0.5, 0.6) is 0 Å². The van der Waals surface area contributed by atoms with E-state index in [0.717, 1.165) is 42.4 Å². The first kappa shape index (κ1) is 15.1. The molecular weight excluding hydrogens is 274 g/mol. The molecule has 3 heteroatoms. The largest absolute Gasteiger partial charge is 0.509 e. The number of aliphatic hydroxyl groups is 1. The number of hydrogen-bond donors (Lipinski definition) is 2. The summed E-state index contributed by atoms with van der Waals surface area (Å²) < 4.78 is 0. The fourth-order valence-corrected chi connectivity index (χ4v) is 3.69. The quantitative estimate of drug-likeness (QED) is 0.891. The second kappa shape index (κ2) is 5.15. The van der Waals surface area contributed by atoms with Gasteiger partial charge in [0.1, 0.15) is 5.76 Å². The molecule has 118 valence electrons. The zero-order valence-corrected chi connectivity index (χ0v) is 13.9. The van der Waals surface area contributed by atoms with Gasteiger partial charge in [-0.15, -0.1) is 0 Å². The Kier molecular flexibility index (Phi) is 3.54. The van der Waals surface area contributed by atoms with Crippen LogP contribution >= 0.6 is 0 Å². The number of rotatable bonds is 4. The molecule has 1 saturated carbocycles. The van der Waals surface area contributed by atoms with Crippen molar-refractivity contribution in [3.63, 3.8) is 0 Å². The first-order valence-corrected chi connectivity index (χ1v) is 8.31. The highest BCUT2D eigenvalue weighted by molar-refractivity contribution is 6.24. The lowest BCUT2D eigenvalue weighted by molar-refractivity contribution is -0.116. The van der Waals surface area contributed by atoms with E-state index in [9.17, 15) is 9.90 Å². The molecule has 22 heavy (non-hydrogen) atoms. The van der Waals surface area contributed by atoms with Crippen molar-refractivity contribution >= 4 is 11.5 Å². The Morgan fingerprint density at radius 3 is 2.50 bits per heavy atom. The second-order valence-corrected chi connectivity index (χ2v) is 6.81. The molecule has 1 atom stereocenters. The Morgan fingerprint density at radius 2 is 1.95 bits per heavy atom. The molecule has 0 spiro atoms. The van der Waals surface area contributed by atoms with Gasteiger partial charge in [-0.2, -0.15) is 0 Å². The molecule has 1 heterocycles. The van der Waals surface area contributed by atoms with E-state index in [0.29, 0.717) is 11.5 Å². The van der Waals surface area contributed by atoms with Crippen molar-refractivity contribution in [1.82, 2.24) is 5.32 Å². The maximum absolute atomic E-state index is 12.6. The van der Waals surface area contributed by atoms with Crippen LogP contribution in [0.15, 0.2) is 17.9 Å². The summed E-state index contributed by atoms with van der Waals surface area (Å²) in [6, 6.07) is 4.30. The summed E-state index contributed by atoms with van der Waals surface area (Å²) in [6.45, 7) is 8.22. The number of benzene rings is 1. The molecule has 1 unspecified atom stereocenters. The van der Waals surface area contributed by atoms with Crippen molar-refractivity contribution in [2.24, 2.45) is 5.92 Å². The van der Waals surface area contributed by atoms with Crippen LogP contribution in [0.1, 0.15) is 55.9 Å². The fourth-order valence-electron chi connectivity index (χ4n) is 3.69. The number of aryl methyl sites for hydroxylation is 3. The van der Waals surface area contributed by atoms with Gasteiger partial charge in [-0.1, -0.05) is 26.0 Å². The van der Waals surface area contributed by atoms with Crippen molar-refractivity contribution in [2.45, 2.75) is 58.9 Å². The Bertz CT molecular complexity index is 670. The normalized spacial score (nSPS) is 24.8. The summed E-state index contributed by atoms with van der Waals surface area (Å²) >= 11 is 0. The lowest BCUT2D eigenvalue weighted by Crippen LogP contribution is -2.43. The highest BCUT2D eigenvalue weighted by atomic mass is 16.3. The topological polar surface area (TPSA) is 49.3 Å². The Labute approximate surface area is 132 Å². The summed E-state index contributed by atoms with van der Waals surface area (Å²) in [5.74, 6) is 0.477. The molecule has 0 bridgehead atoms. The monoisotopic (exact) mass is 299 g/mol. The summed E-state index contributed by atoms with van der Waals surface area (Å²) in [5, 5.41) is 13.8. The Hall–Kier alpha value is -1.77. The molecule has 2 aliphatic rings. The number of aliphatic hydroxyl groups excluding tert-OH is 1. The van der Waals surface area contributed by atoms with Crippen molar-refractivity contribution in [3.05, 3.63) is 40.1 Å². The Balaban J connectivity index is 2.18. The smallest absolute Gasteiger partial charge is 0.256 e. The number of carbonyl (C=O) groups excluding carboxylic acids is 1. The molecule has 0 aromatic heterocycles. The standard InChI is InChI=1S/C19H25NO2/c1-5-12-9-11(3)15(13(6-2)10-12)16-17(21)19(4,14-7-8-14)20-18(16)22/h9-10,14,21H,5-8H2,1-4H3,(H,20,22). The predicted octanol–water partition coefficient (Wildman–Crippen LogP) is 3.69. The fraction of sp³-hybridized carbons (Fsp3) is 0.526. The van der Waals surface area contributed by atoms with E-state index in [1.807, 2.05) is 13.8 Å². The average Bonchev–Trinajstić information content (AvgIpc) is 3.30. The molecular formula is C19H25NO2. The van der Waals surface area contributed by atoms with E-state index >= 15 is 0 Å². The van der Waals surface area contributed by atoms with E-state index in [1.165, 1.54) is 5.56 Å². The van der Waals surface area contributed by atoms with Crippen LogP contribution in [0, 0.1) is 12.8 Å². The van der Waals surface area contributed by atoms with Gasteiger partial charge in [0.05, 0.1) is 11.1 Å². The Morgan fingerprint density at radius 1 is 1.27 bits per heavy atom. The van der Waals surface area contributed by atoms with E-state index in [4.69, 9.17) is 0 Å². The van der Waals surface area contributed by atoms with Gasteiger partial charge in [-0.25, -0.2) is 0 Å². The summed E-state index contributed by atoms with van der Waals surface area (Å²) in [4.78, 5) is 12.6. The van der Waals surface area contributed by atoms with Crippen molar-refractivity contribution in [2.75, 3.05) is 0 Å². The van der Waals surface area contributed by atoms with Crippen LogP contribution in [0.2, 0.25) is 0 Å². The second-order valence-electron chi connectivity index (χ2n) is 6.81. The van der Waals surface area contributed by atoms with Gasteiger partial charge in [0.25, 0.3) is 5.91 Å². The lowest BCUT2D eigenvalue weighted by Gasteiger charge is -2.24. The number of nitrogens with one attached hydrogen (secondary N) is 1. The van der Waals surface area contributed by atoms with Crippen LogP contribution in [-0.4, -0.2) is 16.6 Å². The van der Waals surface area contributed by atoms with Gasteiger partial charge in [-0.3, -0.25) is 4.79 Å². The van der Waals surface area contributed by atoms with E-state index in [2.05, 4.69) is 31.3 Å². The minimum Gasteiger partial charge on any atom is -0.509 e. The molecule has 1 aliphatic heterocycles. The van der Waals surface area contributed by atoms with E-state index in [1.54, 1.807) is 0 Å². The lowest BCUT2D eigenvalue weighted by atomic mass is 9.87. The molecule has 1 aromatic carbocycles. The number of carbonyl (C=O) groups is 1. The SMILES string of the molecule is CCc1cc(C)c(C2=C(O)C(C)(C3CC3)NC2=O)c(CC)c1. The average molecular weight is 299 g/mol. The van der Waals surface area contributed by atoms with Crippen molar-refractivity contribution in [3.8, 4) is 0 Å². The van der Waals surface area contributed by atoms with E-state index in [-0.39, 0.29) is 11.7 Å². The maximum atomic E-state index is 12.6. The molecule has 1 aliphatic carbocycles. The predicted molar refractivity (Wildman–Crippen MR) is 88.8 cm³/mol. The molecule has 1 fully saturated rings. The molecule has 0 saturated heterocycles. The van der Waals surface area contributed by atoms with Crippen molar-refractivity contribution in [1.29, 1.82) is 0 Å². The molecule has 3 rings (SSSR count).